The van der Waals surface area contributed by atoms with Crippen LogP contribution in [0.25, 0.3) is 6.08 Å². The van der Waals surface area contributed by atoms with Crippen LogP contribution in [-0.4, -0.2) is 46.3 Å². The van der Waals surface area contributed by atoms with Gasteiger partial charge in [0.1, 0.15) is 18.1 Å². The van der Waals surface area contributed by atoms with Crippen LogP contribution in [0, 0.1) is 5.41 Å². The van der Waals surface area contributed by atoms with E-state index in [-0.39, 0.29) is 24.3 Å². The van der Waals surface area contributed by atoms with Crippen molar-refractivity contribution in [2.45, 2.75) is 26.8 Å². The topological polar surface area (TPSA) is 134 Å². The number of ether oxygens (including phenoxy) is 1. The molecule has 0 bridgehead atoms. The number of carboxylic acids is 1. The molecule has 0 heterocycles. The number of nitrogen functional groups attached to an aromatic ring is 1. The summed E-state index contributed by atoms with van der Waals surface area (Å²) in [5.41, 5.74) is 7.32. The van der Waals surface area contributed by atoms with Gasteiger partial charge in [-0.3, -0.25) is 15.0 Å². The predicted octanol–water partition coefficient (Wildman–Crippen LogP) is 2.91. The summed E-state index contributed by atoms with van der Waals surface area (Å²) in [6, 6.07) is 12.5. The van der Waals surface area contributed by atoms with Gasteiger partial charge < -0.3 is 20.5 Å². The Kier molecular flexibility index (Phi) is 7.68. The van der Waals surface area contributed by atoms with Crippen molar-refractivity contribution in [1.29, 1.82) is 5.41 Å². The van der Waals surface area contributed by atoms with Gasteiger partial charge in [-0.05, 0) is 68.8 Å². The van der Waals surface area contributed by atoms with Crippen LogP contribution in [0.2, 0.25) is 0 Å². The molecule has 8 nitrogen and oxygen atoms in total. The zero-order valence-corrected chi connectivity index (χ0v) is 17.6. The summed E-state index contributed by atoms with van der Waals surface area (Å²) in [6.07, 6.45) is 1.63. The van der Waals surface area contributed by atoms with Crippen LogP contribution in [-0.2, 0) is 9.59 Å². The van der Waals surface area contributed by atoms with Gasteiger partial charge in [-0.2, -0.15) is 0 Å². The second-order valence-corrected chi connectivity index (χ2v) is 7.20. The van der Waals surface area contributed by atoms with Crippen molar-refractivity contribution in [3.8, 4) is 5.75 Å². The van der Waals surface area contributed by atoms with Gasteiger partial charge in [0.15, 0.2) is 0 Å². The maximum absolute atomic E-state index is 12.6. The van der Waals surface area contributed by atoms with E-state index >= 15 is 0 Å². The van der Waals surface area contributed by atoms with E-state index in [2.05, 4.69) is 0 Å². The average molecular weight is 423 g/mol. The fourth-order valence-electron chi connectivity index (χ4n) is 2.76. The first-order valence-electron chi connectivity index (χ1n) is 9.56. The number of esters is 1. The van der Waals surface area contributed by atoms with Crippen molar-refractivity contribution >= 4 is 29.8 Å². The number of carboxylic acid groups (broad SMARTS) is 1. The van der Waals surface area contributed by atoms with Gasteiger partial charge in [0.25, 0.3) is 0 Å². The summed E-state index contributed by atoms with van der Waals surface area (Å²) in [7, 11) is 0. The predicted molar refractivity (Wildman–Crippen MR) is 117 cm³/mol. The van der Waals surface area contributed by atoms with Crippen LogP contribution < -0.4 is 10.5 Å². The second-order valence-electron chi connectivity index (χ2n) is 7.20. The summed E-state index contributed by atoms with van der Waals surface area (Å²) in [4.78, 5) is 37.2. The van der Waals surface area contributed by atoms with Gasteiger partial charge in [0.2, 0.25) is 5.91 Å². The van der Waals surface area contributed by atoms with Crippen molar-refractivity contribution in [2.75, 3.05) is 6.54 Å². The monoisotopic (exact) mass is 423 g/mol. The molecule has 0 aromatic heterocycles. The molecule has 0 aliphatic rings. The first-order valence-corrected chi connectivity index (χ1v) is 9.56. The fraction of sp³-hybridized carbons (Fsp3) is 0.217. The maximum atomic E-state index is 12.6. The number of aliphatic carboxylic acids is 1. The highest BCUT2D eigenvalue weighted by Gasteiger charge is 2.21. The number of carbonyl (C=O) groups excluding carboxylic acids is 2. The molecule has 8 heteroatoms. The number of nitrogens with zero attached hydrogens (tertiary/aromatic N) is 1. The van der Waals surface area contributed by atoms with E-state index < -0.39 is 11.9 Å². The lowest BCUT2D eigenvalue weighted by atomic mass is 10.1. The number of nitrogens with one attached hydrogen (secondary N) is 1. The third kappa shape index (κ3) is 6.53. The number of amides is 1. The molecule has 2 aromatic rings. The number of amidine groups is 1. The highest BCUT2D eigenvalue weighted by atomic mass is 16.5. The Morgan fingerprint density at radius 2 is 1.61 bits per heavy atom. The molecule has 0 saturated carbocycles. The molecular weight excluding hydrogens is 398 g/mol. The van der Waals surface area contributed by atoms with E-state index in [1.165, 1.54) is 4.90 Å². The second kappa shape index (κ2) is 10.2. The van der Waals surface area contributed by atoms with Crippen LogP contribution in [0.15, 0.2) is 54.1 Å². The summed E-state index contributed by atoms with van der Waals surface area (Å²) < 4.78 is 5.31. The first-order chi connectivity index (χ1) is 14.6. The highest BCUT2D eigenvalue weighted by molar-refractivity contribution is 5.99. The van der Waals surface area contributed by atoms with E-state index in [0.717, 1.165) is 0 Å². The van der Waals surface area contributed by atoms with Crippen molar-refractivity contribution in [1.82, 2.24) is 4.90 Å². The Morgan fingerprint density at radius 1 is 1.06 bits per heavy atom. The summed E-state index contributed by atoms with van der Waals surface area (Å²) in [6.45, 7) is 4.75. The van der Waals surface area contributed by atoms with Crippen LogP contribution in [0.5, 0.6) is 5.75 Å². The van der Waals surface area contributed by atoms with Gasteiger partial charge in [-0.15, -0.1) is 0 Å². The largest absolute Gasteiger partial charge is 0.480 e. The molecule has 2 aromatic carbocycles. The van der Waals surface area contributed by atoms with Gasteiger partial charge in [-0.1, -0.05) is 12.1 Å². The molecule has 0 saturated heterocycles. The van der Waals surface area contributed by atoms with E-state index in [0.29, 0.717) is 28.0 Å². The molecule has 162 valence electrons. The quantitative estimate of drug-likeness (QED) is 0.196. The standard InChI is InChI=1S/C23H25N3O5/c1-14(2)26(13-20(27)28)22(29)15(3)12-16-4-6-18(7-5-16)23(30)31-19-10-8-17(9-11-19)21(24)25/h4-12,14H,13H2,1-3H3,(H3,24,25)(H,27,28). The van der Waals surface area contributed by atoms with Crippen LogP contribution in [0.1, 0.15) is 42.3 Å². The van der Waals surface area contributed by atoms with E-state index in [1.54, 1.807) is 75.4 Å². The summed E-state index contributed by atoms with van der Waals surface area (Å²) in [5, 5.41) is 16.4. The molecule has 1 amide bonds. The Balaban J connectivity index is 2.09. The minimum Gasteiger partial charge on any atom is -0.480 e. The molecule has 0 atom stereocenters. The highest BCUT2D eigenvalue weighted by Crippen LogP contribution is 2.16. The molecular formula is C23H25N3O5. The molecule has 0 radical (unpaired) electrons. The van der Waals surface area contributed by atoms with Crippen LogP contribution in [0.4, 0.5) is 0 Å². The average Bonchev–Trinajstić information content (AvgIpc) is 2.72. The smallest absolute Gasteiger partial charge is 0.343 e. The zero-order valence-electron chi connectivity index (χ0n) is 17.6. The number of benzene rings is 2. The Morgan fingerprint density at radius 3 is 2.10 bits per heavy atom. The van der Waals surface area contributed by atoms with Crippen molar-refractivity contribution < 1.29 is 24.2 Å². The number of hydrogen-bond donors (Lipinski definition) is 3. The van der Waals surface area contributed by atoms with Gasteiger partial charge in [0.05, 0.1) is 5.56 Å². The van der Waals surface area contributed by atoms with Crippen molar-refractivity contribution in [3.05, 3.63) is 70.8 Å². The molecule has 0 fully saturated rings. The third-order valence-electron chi connectivity index (χ3n) is 4.43. The van der Waals surface area contributed by atoms with Crippen LogP contribution in [0.3, 0.4) is 0 Å². The molecule has 31 heavy (non-hydrogen) atoms. The molecule has 4 N–H and O–H groups in total. The SMILES string of the molecule is CC(=Cc1ccc(C(=O)Oc2ccc(C(=N)N)cc2)cc1)C(=O)N(CC(=O)O)C(C)C. The molecule has 0 aliphatic carbocycles. The Labute approximate surface area is 180 Å². The lowest BCUT2D eigenvalue weighted by Crippen LogP contribution is -2.41. The van der Waals surface area contributed by atoms with Gasteiger partial charge >= 0.3 is 11.9 Å². The molecule has 0 unspecified atom stereocenters. The number of carbonyl (C=O) groups is 3. The minimum atomic E-state index is -1.08. The minimum absolute atomic E-state index is 0.0743. The Hall–Kier alpha value is -3.94. The van der Waals surface area contributed by atoms with Crippen molar-refractivity contribution in [2.24, 2.45) is 5.73 Å². The molecule has 0 aliphatic heterocycles. The van der Waals surface area contributed by atoms with Crippen molar-refractivity contribution in [3.63, 3.8) is 0 Å². The van der Waals surface area contributed by atoms with Crippen LogP contribution >= 0.6 is 0 Å². The normalized spacial score (nSPS) is 11.2. The molecule has 2 rings (SSSR count). The lowest BCUT2D eigenvalue weighted by molar-refractivity contribution is -0.144. The van der Waals surface area contributed by atoms with Gasteiger partial charge in [0, 0.05) is 17.2 Å². The Bertz CT molecular complexity index is 1010. The third-order valence-corrected chi connectivity index (χ3v) is 4.43. The number of hydrogen-bond acceptors (Lipinski definition) is 5. The summed E-state index contributed by atoms with van der Waals surface area (Å²) >= 11 is 0. The summed E-state index contributed by atoms with van der Waals surface area (Å²) in [5.74, 6) is -1.74. The van der Waals surface area contributed by atoms with E-state index in [4.69, 9.17) is 21.0 Å². The number of rotatable bonds is 8. The van der Waals surface area contributed by atoms with E-state index in [1.807, 2.05) is 0 Å². The fourth-order valence-corrected chi connectivity index (χ4v) is 2.76. The zero-order chi connectivity index (χ0) is 23.1. The number of nitrogens with two attached hydrogens (primary N) is 1. The van der Waals surface area contributed by atoms with E-state index in [9.17, 15) is 14.4 Å². The molecule has 0 spiro atoms. The van der Waals surface area contributed by atoms with Gasteiger partial charge in [-0.25, -0.2) is 4.79 Å². The maximum Gasteiger partial charge on any atom is 0.343 e. The first kappa shape index (κ1) is 23.3. The lowest BCUT2D eigenvalue weighted by Gasteiger charge is -2.25.